The van der Waals surface area contributed by atoms with Crippen molar-refractivity contribution in [2.24, 2.45) is 5.92 Å². The van der Waals surface area contributed by atoms with Crippen molar-refractivity contribution in [2.45, 2.75) is 51.5 Å². The normalized spacial score (nSPS) is 23.9. The molecule has 102 valence electrons. The molecule has 0 bridgehead atoms. The second-order valence-electron chi connectivity index (χ2n) is 5.95. The molecule has 1 aliphatic rings. The zero-order valence-corrected chi connectivity index (χ0v) is 12.5. The molecule has 2 unspecified atom stereocenters. The molecule has 1 aromatic heterocycles. The van der Waals surface area contributed by atoms with Gasteiger partial charge in [-0.15, -0.1) is 11.6 Å². The number of halogens is 1. The highest BCUT2D eigenvalue weighted by atomic mass is 35.5. The van der Waals surface area contributed by atoms with Crippen LogP contribution in [0.15, 0.2) is 18.2 Å². The van der Waals surface area contributed by atoms with Crippen LogP contribution < -0.4 is 0 Å². The largest absolute Gasteiger partial charge is 0.324 e. The van der Waals surface area contributed by atoms with Crippen LogP contribution in [0, 0.1) is 12.8 Å². The number of imidazole rings is 1. The van der Waals surface area contributed by atoms with Crippen LogP contribution in [-0.4, -0.2) is 9.55 Å². The summed E-state index contributed by atoms with van der Waals surface area (Å²) in [6, 6.07) is 7.06. The first-order chi connectivity index (χ1) is 9.19. The molecule has 1 aliphatic carbocycles. The molecule has 0 amide bonds. The lowest BCUT2D eigenvalue weighted by Crippen LogP contribution is -2.19. The Morgan fingerprint density at radius 1 is 1.37 bits per heavy atom. The van der Waals surface area contributed by atoms with Gasteiger partial charge in [-0.1, -0.05) is 25.8 Å². The van der Waals surface area contributed by atoms with Gasteiger partial charge >= 0.3 is 0 Å². The van der Waals surface area contributed by atoms with Crippen LogP contribution in [0.3, 0.4) is 0 Å². The molecular formula is C16H21ClN2. The van der Waals surface area contributed by atoms with E-state index >= 15 is 0 Å². The smallest absolute Gasteiger partial charge is 0.125 e. The van der Waals surface area contributed by atoms with Crippen LogP contribution in [0.2, 0.25) is 0 Å². The number of hydrogen-bond donors (Lipinski definition) is 0. The van der Waals surface area contributed by atoms with Crippen molar-refractivity contribution in [2.75, 3.05) is 0 Å². The van der Waals surface area contributed by atoms with Gasteiger partial charge in [0.25, 0.3) is 0 Å². The van der Waals surface area contributed by atoms with Crippen molar-refractivity contribution in [3.8, 4) is 0 Å². The van der Waals surface area contributed by atoms with Crippen LogP contribution in [0.1, 0.15) is 50.0 Å². The summed E-state index contributed by atoms with van der Waals surface area (Å²) in [5.41, 5.74) is 3.63. The van der Waals surface area contributed by atoms with Gasteiger partial charge in [-0.3, -0.25) is 0 Å². The fourth-order valence-electron chi connectivity index (χ4n) is 3.39. The molecule has 3 heteroatoms. The zero-order valence-electron chi connectivity index (χ0n) is 11.7. The SMILES string of the molecule is Cc1ccc2nc(CCl)n(C3CCCC(C)C3)c2c1. The second-order valence-corrected chi connectivity index (χ2v) is 6.22. The number of aryl methyl sites for hydroxylation is 1. The molecule has 1 saturated carbocycles. The summed E-state index contributed by atoms with van der Waals surface area (Å²) in [5.74, 6) is 2.34. The maximum absolute atomic E-state index is 6.12. The fraction of sp³-hybridized carbons (Fsp3) is 0.562. The first-order valence-corrected chi connectivity index (χ1v) is 7.76. The minimum Gasteiger partial charge on any atom is -0.324 e. The third-order valence-corrected chi connectivity index (χ3v) is 4.55. The molecule has 0 radical (unpaired) electrons. The summed E-state index contributed by atoms with van der Waals surface area (Å²) in [6.45, 7) is 4.50. The van der Waals surface area contributed by atoms with Gasteiger partial charge in [0.2, 0.25) is 0 Å². The van der Waals surface area contributed by atoms with E-state index < -0.39 is 0 Å². The van der Waals surface area contributed by atoms with Crippen molar-refractivity contribution in [1.29, 1.82) is 0 Å². The van der Waals surface area contributed by atoms with E-state index in [0.717, 1.165) is 17.3 Å². The lowest BCUT2D eigenvalue weighted by Gasteiger charge is -2.29. The Labute approximate surface area is 119 Å². The highest BCUT2D eigenvalue weighted by Gasteiger charge is 2.24. The Balaban J connectivity index is 2.11. The Morgan fingerprint density at radius 2 is 2.21 bits per heavy atom. The summed E-state index contributed by atoms with van der Waals surface area (Å²) < 4.78 is 2.41. The molecule has 0 saturated heterocycles. The Morgan fingerprint density at radius 3 is 2.95 bits per heavy atom. The first-order valence-electron chi connectivity index (χ1n) is 7.22. The monoisotopic (exact) mass is 276 g/mol. The maximum Gasteiger partial charge on any atom is 0.125 e. The van der Waals surface area contributed by atoms with Crippen molar-refractivity contribution < 1.29 is 0 Å². The van der Waals surface area contributed by atoms with Gasteiger partial charge in [0.1, 0.15) is 5.82 Å². The molecule has 2 aromatic rings. The van der Waals surface area contributed by atoms with E-state index in [-0.39, 0.29) is 0 Å². The van der Waals surface area contributed by atoms with Crippen LogP contribution in [0.4, 0.5) is 0 Å². The number of benzene rings is 1. The van der Waals surface area contributed by atoms with Gasteiger partial charge in [-0.25, -0.2) is 4.98 Å². The molecule has 1 fully saturated rings. The molecular weight excluding hydrogens is 256 g/mol. The van der Waals surface area contributed by atoms with Crippen molar-refractivity contribution in [1.82, 2.24) is 9.55 Å². The predicted molar refractivity (Wildman–Crippen MR) is 80.7 cm³/mol. The number of nitrogens with zero attached hydrogens (tertiary/aromatic N) is 2. The molecule has 19 heavy (non-hydrogen) atoms. The highest BCUT2D eigenvalue weighted by Crippen LogP contribution is 2.35. The summed E-state index contributed by atoms with van der Waals surface area (Å²) in [5, 5.41) is 0. The number of fused-ring (bicyclic) bond motifs is 1. The van der Waals surface area contributed by atoms with Crippen LogP contribution in [-0.2, 0) is 5.88 Å². The molecule has 1 heterocycles. The number of aromatic nitrogens is 2. The van der Waals surface area contributed by atoms with Gasteiger partial charge in [-0.2, -0.15) is 0 Å². The maximum atomic E-state index is 6.12. The summed E-state index contributed by atoms with van der Waals surface area (Å²) in [6.07, 6.45) is 5.19. The van der Waals surface area contributed by atoms with Crippen molar-refractivity contribution >= 4 is 22.6 Å². The number of alkyl halides is 1. The molecule has 0 aliphatic heterocycles. The molecule has 0 spiro atoms. The van der Waals surface area contributed by atoms with E-state index in [1.165, 1.54) is 36.8 Å². The fourth-order valence-corrected chi connectivity index (χ4v) is 3.58. The quantitative estimate of drug-likeness (QED) is 0.718. The molecule has 2 nitrogen and oxygen atoms in total. The Kier molecular flexibility index (Phi) is 3.53. The minimum atomic E-state index is 0.499. The highest BCUT2D eigenvalue weighted by molar-refractivity contribution is 6.16. The number of hydrogen-bond acceptors (Lipinski definition) is 1. The lowest BCUT2D eigenvalue weighted by molar-refractivity contribution is 0.283. The van der Waals surface area contributed by atoms with Gasteiger partial charge in [0.15, 0.2) is 0 Å². The van der Waals surface area contributed by atoms with E-state index in [2.05, 4.69) is 36.6 Å². The first kappa shape index (κ1) is 13.0. The van der Waals surface area contributed by atoms with Gasteiger partial charge in [0, 0.05) is 6.04 Å². The minimum absolute atomic E-state index is 0.499. The third kappa shape index (κ3) is 2.38. The molecule has 1 aromatic carbocycles. The van der Waals surface area contributed by atoms with Gasteiger partial charge in [0.05, 0.1) is 16.9 Å². The van der Waals surface area contributed by atoms with Crippen LogP contribution in [0.5, 0.6) is 0 Å². The van der Waals surface area contributed by atoms with Gasteiger partial charge in [-0.05, 0) is 43.4 Å². The summed E-state index contributed by atoms with van der Waals surface area (Å²) in [7, 11) is 0. The third-order valence-electron chi connectivity index (χ3n) is 4.31. The Bertz CT molecular complexity index is 588. The van der Waals surface area contributed by atoms with Gasteiger partial charge < -0.3 is 4.57 Å². The Hall–Kier alpha value is -1.02. The van der Waals surface area contributed by atoms with E-state index in [9.17, 15) is 0 Å². The van der Waals surface area contributed by atoms with Crippen LogP contribution in [0.25, 0.3) is 11.0 Å². The molecule has 0 N–H and O–H groups in total. The van der Waals surface area contributed by atoms with Crippen LogP contribution >= 0.6 is 11.6 Å². The van der Waals surface area contributed by atoms with E-state index in [0.29, 0.717) is 11.9 Å². The number of rotatable bonds is 2. The lowest BCUT2D eigenvalue weighted by atomic mass is 9.87. The van der Waals surface area contributed by atoms with Crippen molar-refractivity contribution in [3.63, 3.8) is 0 Å². The van der Waals surface area contributed by atoms with E-state index in [1.54, 1.807) is 0 Å². The molecule has 2 atom stereocenters. The van der Waals surface area contributed by atoms with E-state index in [1.807, 2.05) is 0 Å². The second kappa shape index (κ2) is 5.16. The topological polar surface area (TPSA) is 17.8 Å². The van der Waals surface area contributed by atoms with E-state index in [4.69, 9.17) is 16.6 Å². The standard InChI is InChI=1S/C16H21ClN2/c1-11-4-3-5-13(8-11)19-15-9-12(2)6-7-14(15)18-16(19)10-17/h6-7,9,11,13H,3-5,8,10H2,1-2H3. The predicted octanol–water partition coefficient (Wildman–Crippen LogP) is 4.83. The average Bonchev–Trinajstić information content (AvgIpc) is 2.76. The average molecular weight is 277 g/mol. The summed E-state index contributed by atoms with van der Waals surface area (Å²) >= 11 is 6.12. The summed E-state index contributed by atoms with van der Waals surface area (Å²) in [4.78, 5) is 4.70. The zero-order chi connectivity index (χ0) is 13.4. The van der Waals surface area contributed by atoms with Crippen molar-refractivity contribution in [3.05, 3.63) is 29.6 Å². The molecule has 3 rings (SSSR count).